The molecule has 3 aromatic carbocycles. The van der Waals surface area contributed by atoms with E-state index in [0.717, 1.165) is 18.9 Å². The van der Waals surface area contributed by atoms with Crippen molar-refractivity contribution in [3.63, 3.8) is 0 Å². The molecule has 4 aromatic rings. The summed E-state index contributed by atoms with van der Waals surface area (Å²) in [7, 11) is 1.55. The number of carbonyl (C=O) groups excluding carboxylic acids is 2. The number of anilines is 2. The lowest BCUT2D eigenvalue weighted by Gasteiger charge is -2.16. The molecule has 212 valence electrons. The minimum atomic E-state index is -1.27. The van der Waals surface area contributed by atoms with E-state index in [-0.39, 0.29) is 11.4 Å². The number of aromatic nitrogens is 1. The third-order valence-electron chi connectivity index (χ3n) is 6.87. The fourth-order valence-electron chi connectivity index (χ4n) is 4.31. The van der Waals surface area contributed by atoms with Gasteiger partial charge in [-0.05, 0) is 67.8 Å². The van der Waals surface area contributed by atoms with Crippen molar-refractivity contribution in [3.8, 4) is 23.0 Å². The molecule has 1 saturated carbocycles. The van der Waals surface area contributed by atoms with Crippen LogP contribution in [0.15, 0.2) is 66.9 Å². The van der Waals surface area contributed by atoms with Crippen LogP contribution in [0.3, 0.4) is 0 Å². The molecule has 0 atom stereocenters. The molecule has 8 nitrogen and oxygen atoms in total. The first-order valence-electron chi connectivity index (χ1n) is 13.3. The van der Waals surface area contributed by atoms with Crippen LogP contribution in [0.5, 0.6) is 23.0 Å². The van der Waals surface area contributed by atoms with E-state index in [1.165, 1.54) is 36.4 Å². The Morgan fingerprint density at radius 3 is 2.24 bits per heavy atom. The number of unbranched alkanes of at least 4 members (excludes halogenated alkanes) is 1. The maximum absolute atomic E-state index is 15.1. The van der Waals surface area contributed by atoms with Crippen LogP contribution < -0.4 is 24.8 Å². The summed E-state index contributed by atoms with van der Waals surface area (Å²) < 4.78 is 45.5. The second-order valence-electron chi connectivity index (χ2n) is 9.78. The predicted molar refractivity (Wildman–Crippen MR) is 150 cm³/mol. The standard InChI is InChI=1S/C31H29F2N3O5/c1-3-4-15-40-28-17-22-24(18-27(28)39-2)34-14-11-25(22)41-26-10-9-21(16-23(26)33)36-30(38)31(12-13-31)29(37)35-20-7-5-19(32)6-8-20/h5-11,14,16-18H,3-4,12-13,15H2,1-2H3,(H,35,37)(H,36,38). The lowest BCUT2D eigenvalue weighted by Crippen LogP contribution is -2.35. The smallest absolute Gasteiger partial charge is 0.240 e. The molecule has 10 heteroatoms. The first-order valence-corrected chi connectivity index (χ1v) is 13.3. The summed E-state index contributed by atoms with van der Waals surface area (Å²) in [6, 6.07) is 14.4. The first kappa shape index (κ1) is 27.8. The van der Waals surface area contributed by atoms with Crippen LogP contribution in [0, 0.1) is 17.0 Å². The minimum Gasteiger partial charge on any atom is -0.493 e. The van der Waals surface area contributed by atoms with E-state index in [1.807, 2.05) is 0 Å². The van der Waals surface area contributed by atoms with Gasteiger partial charge in [0.2, 0.25) is 11.8 Å². The normalized spacial score (nSPS) is 13.4. The van der Waals surface area contributed by atoms with Crippen molar-refractivity contribution >= 4 is 34.1 Å². The minimum absolute atomic E-state index is 0.0602. The molecule has 0 saturated heterocycles. The molecule has 0 spiro atoms. The summed E-state index contributed by atoms with van der Waals surface area (Å²) in [5.74, 6) is -0.822. The van der Waals surface area contributed by atoms with Crippen molar-refractivity contribution in [2.24, 2.45) is 5.41 Å². The number of nitrogens with zero attached hydrogens (tertiary/aromatic N) is 1. The van der Waals surface area contributed by atoms with Gasteiger partial charge in [0.15, 0.2) is 23.1 Å². The quantitative estimate of drug-likeness (QED) is 0.154. The molecule has 1 heterocycles. The molecular weight excluding hydrogens is 532 g/mol. The molecule has 1 aromatic heterocycles. The van der Waals surface area contributed by atoms with E-state index in [2.05, 4.69) is 22.5 Å². The zero-order chi connectivity index (χ0) is 29.0. The molecule has 0 unspecified atom stereocenters. The second kappa shape index (κ2) is 11.8. The lowest BCUT2D eigenvalue weighted by atomic mass is 10.0. The van der Waals surface area contributed by atoms with Gasteiger partial charge in [0.1, 0.15) is 17.0 Å². The zero-order valence-electron chi connectivity index (χ0n) is 22.6. The number of halogens is 2. The van der Waals surface area contributed by atoms with Crippen LogP contribution in [0.4, 0.5) is 20.2 Å². The van der Waals surface area contributed by atoms with Crippen molar-refractivity contribution in [3.05, 3.63) is 78.5 Å². The van der Waals surface area contributed by atoms with E-state index >= 15 is 4.39 Å². The molecule has 2 amide bonds. The van der Waals surface area contributed by atoms with Crippen molar-refractivity contribution in [1.29, 1.82) is 0 Å². The monoisotopic (exact) mass is 561 g/mol. The summed E-state index contributed by atoms with van der Waals surface area (Å²) >= 11 is 0. The molecule has 2 N–H and O–H groups in total. The van der Waals surface area contributed by atoms with E-state index in [4.69, 9.17) is 14.2 Å². The Morgan fingerprint density at radius 2 is 1.59 bits per heavy atom. The Labute approximate surface area is 235 Å². The summed E-state index contributed by atoms with van der Waals surface area (Å²) in [6.45, 7) is 2.59. The molecule has 1 aliphatic carbocycles. The highest BCUT2D eigenvalue weighted by molar-refractivity contribution is 6.16. The number of benzene rings is 3. The molecular formula is C31H29F2N3O5. The number of rotatable bonds is 11. The number of hydrogen-bond acceptors (Lipinski definition) is 6. The number of carbonyl (C=O) groups is 2. The Balaban J connectivity index is 1.30. The summed E-state index contributed by atoms with van der Waals surface area (Å²) in [5.41, 5.74) is -0.130. The van der Waals surface area contributed by atoms with Gasteiger partial charge in [0, 0.05) is 35.1 Å². The maximum atomic E-state index is 15.1. The number of pyridine rings is 1. The van der Waals surface area contributed by atoms with E-state index < -0.39 is 28.9 Å². The summed E-state index contributed by atoms with van der Waals surface area (Å²) in [4.78, 5) is 30.1. The highest BCUT2D eigenvalue weighted by Crippen LogP contribution is 2.47. The highest BCUT2D eigenvalue weighted by Gasteiger charge is 2.56. The summed E-state index contributed by atoms with van der Waals surface area (Å²) in [6.07, 6.45) is 4.10. The Kier molecular flexibility index (Phi) is 8.00. The third-order valence-corrected chi connectivity index (χ3v) is 6.87. The first-order chi connectivity index (χ1) is 19.8. The maximum Gasteiger partial charge on any atom is 0.240 e. The molecule has 0 bridgehead atoms. The molecule has 0 aliphatic heterocycles. The number of methoxy groups -OCH3 is 1. The topological polar surface area (TPSA) is 98.8 Å². The lowest BCUT2D eigenvalue weighted by molar-refractivity contribution is -0.131. The predicted octanol–water partition coefficient (Wildman–Crippen LogP) is 6.85. The molecule has 1 aliphatic rings. The van der Waals surface area contributed by atoms with Gasteiger partial charge >= 0.3 is 0 Å². The number of fused-ring (bicyclic) bond motifs is 1. The average Bonchev–Trinajstić information content (AvgIpc) is 3.78. The van der Waals surface area contributed by atoms with Gasteiger partial charge < -0.3 is 24.8 Å². The average molecular weight is 562 g/mol. The largest absolute Gasteiger partial charge is 0.493 e. The number of hydrogen-bond donors (Lipinski definition) is 2. The van der Waals surface area contributed by atoms with Crippen molar-refractivity contribution in [1.82, 2.24) is 4.98 Å². The molecule has 41 heavy (non-hydrogen) atoms. The van der Waals surface area contributed by atoms with Gasteiger partial charge in [-0.3, -0.25) is 14.6 Å². The highest BCUT2D eigenvalue weighted by atomic mass is 19.1. The number of amides is 2. The van der Waals surface area contributed by atoms with Crippen LogP contribution in [-0.2, 0) is 9.59 Å². The van der Waals surface area contributed by atoms with Crippen LogP contribution in [0.1, 0.15) is 32.6 Å². The van der Waals surface area contributed by atoms with Crippen LogP contribution in [0.2, 0.25) is 0 Å². The molecule has 5 rings (SSSR count). The fraction of sp³-hybridized carbons (Fsp3) is 0.258. The van der Waals surface area contributed by atoms with Gasteiger partial charge in [-0.2, -0.15) is 0 Å². The molecule has 1 fully saturated rings. The Hall–Kier alpha value is -4.73. The van der Waals surface area contributed by atoms with Gasteiger partial charge in [0.05, 0.1) is 19.2 Å². The Morgan fingerprint density at radius 1 is 0.878 bits per heavy atom. The number of nitrogens with one attached hydrogen (secondary N) is 2. The van der Waals surface area contributed by atoms with Gasteiger partial charge in [0.25, 0.3) is 0 Å². The third kappa shape index (κ3) is 6.06. The summed E-state index contributed by atoms with van der Waals surface area (Å²) in [5, 5.41) is 5.89. The van der Waals surface area contributed by atoms with Gasteiger partial charge in [-0.1, -0.05) is 13.3 Å². The second-order valence-corrected chi connectivity index (χ2v) is 9.78. The van der Waals surface area contributed by atoms with Crippen LogP contribution >= 0.6 is 0 Å². The zero-order valence-corrected chi connectivity index (χ0v) is 22.6. The van der Waals surface area contributed by atoms with E-state index in [1.54, 1.807) is 31.5 Å². The molecule has 0 radical (unpaired) electrons. The number of ether oxygens (including phenoxy) is 3. The fourth-order valence-corrected chi connectivity index (χ4v) is 4.31. The van der Waals surface area contributed by atoms with Crippen molar-refractivity contribution in [2.45, 2.75) is 32.6 Å². The van der Waals surface area contributed by atoms with Gasteiger partial charge in [-0.25, -0.2) is 8.78 Å². The van der Waals surface area contributed by atoms with E-state index in [0.29, 0.717) is 53.3 Å². The van der Waals surface area contributed by atoms with E-state index in [9.17, 15) is 14.0 Å². The SMILES string of the molecule is CCCCOc1cc2c(Oc3ccc(NC(=O)C4(C(=O)Nc5ccc(F)cc5)CC4)cc3F)ccnc2cc1OC. The van der Waals surface area contributed by atoms with Crippen LogP contribution in [-0.4, -0.2) is 30.5 Å². The van der Waals surface area contributed by atoms with Crippen LogP contribution in [0.25, 0.3) is 10.9 Å². The van der Waals surface area contributed by atoms with Gasteiger partial charge in [-0.15, -0.1) is 0 Å². The van der Waals surface area contributed by atoms with Crippen molar-refractivity contribution < 1.29 is 32.6 Å². The van der Waals surface area contributed by atoms with Crippen molar-refractivity contribution in [2.75, 3.05) is 24.4 Å². The Bertz CT molecular complexity index is 1590.